The quantitative estimate of drug-likeness (QED) is 0.794. The Hall–Kier alpha value is -2.96. The van der Waals surface area contributed by atoms with Crippen molar-refractivity contribution >= 4 is 5.82 Å². The molecule has 0 amide bonds. The third-order valence-electron chi connectivity index (χ3n) is 4.41. The smallest absolute Gasteiger partial charge is 0.151 e. The van der Waals surface area contributed by atoms with Crippen LogP contribution in [0.1, 0.15) is 18.5 Å². The molecule has 4 rings (SSSR count). The first kappa shape index (κ1) is 15.6. The molecule has 0 saturated carbocycles. The van der Waals surface area contributed by atoms with Gasteiger partial charge < -0.3 is 14.6 Å². The van der Waals surface area contributed by atoms with Crippen LogP contribution in [0.2, 0.25) is 0 Å². The van der Waals surface area contributed by atoms with Crippen molar-refractivity contribution in [2.75, 3.05) is 18.0 Å². The second kappa shape index (κ2) is 6.16. The maximum absolute atomic E-state index is 14.5. The van der Waals surface area contributed by atoms with E-state index in [0.29, 0.717) is 11.3 Å². The van der Waals surface area contributed by atoms with Gasteiger partial charge in [0.05, 0.1) is 23.4 Å². The van der Waals surface area contributed by atoms with Gasteiger partial charge in [0.2, 0.25) is 0 Å². The van der Waals surface area contributed by atoms with Crippen LogP contribution in [0, 0.1) is 12.7 Å². The van der Waals surface area contributed by atoms with Crippen LogP contribution in [-0.2, 0) is 0 Å². The summed E-state index contributed by atoms with van der Waals surface area (Å²) < 4.78 is 16.1. The average molecular weight is 339 g/mol. The molecule has 0 unspecified atom stereocenters. The van der Waals surface area contributed by atoms with Crippen LogP contribution in [0.15, 0.2) is 36.8 Å². The molecule has 6 nitrogen and oxygen atoms in total. The molecule has 0 atom stereocenters. The second-order valence-electron chi connectivity index (χ2n) is 6.21. The minimum absolute atomic E-state index is 0.0500. The number of benzene rings is 1. The topological polar surface area (TPSA) is 67.1 Å². The summed E-state index contributed by atoms with van der Waals surface area (Å²) in [4.78, 5) is 6.25. The summed E-state index contributed by atoms with van der Waals surface area (Å²) in [6, 6.07) is 6.27. The van der Waals surface area contributed by atoms with Crippen LogP contribution in [0.4, 0.5) is 10.2 Å². The lowest BCUT2D eigenvalue weighted by molar-refractivity contribution is 0.474. The van der Waals surface area contributed by atoms with Gasteiger partial charge in [0.25, 0.3) is 0 Å². The molecule has 1 saturated heterocycles. The lowest BCUT2D eigenvalue weighted by atomic mass is 10.1. The summed E-state index contributed by atoms with van der Waals surface area (Å²) in [6.07, 6.45) is 5.52. The maximum Gasteiger partial charge on any atom is 0.151 e. The second-order valence-corrected chi connectivity index (χ2v) is 6.21. The van der Waals surface area contributed by atoms with Crippen molar-refractivity contribution in [3.8, 4) is 22.7 Å². The lowest BCUT2D eigenvalue weighted by Crippen LogP contribution is -2.19. The highest BCUT2D eigenvalue weighted by molar-refractivity contribution is 5.69. The number of hydrogen-bond acceptors (Lipinski definition) is 5. The maximum atomic E-state index is 14.5. The summed E-state index contributed by atoms with van der Waals surface area (Å²) in [5, 5.41) is 18.7. The van der Waals surface area contributed by atoms with E-state index in [4.69, 9.17) is 0 Å². The highest BCUT2D eigenvalue weighted by atomic mass is 19.1. The van der Waals surface area contributed by atoms with Gasteiger partial charge in [-0.3, -0.25) is 0 Å². The average Bonchev–Trinajstić information content (AvgIpc) is 3.28. The summed E-state index contributed by atoms with van der Waals surface area (Å²) in [5.74, 6) is 0.299. The number of phenols is 1. The van der Waals surface area contributed by atoms with E-state index in [0.717, 1.165) is 37.4 Å². The van der Waals surface area contributed by atoms with Crippen molar-refractivity contribution in [3.05, 3.63) is 48.3 Å². The van der Waals surface area contributed by atoms with Gasteiger partial charge in [-0.1, -0.05) is 0 Å². The van der Waals surface area contributed by atoms with E-state index in [-0.39, 0.29) is 11.4 Å². The van der Waals surface area contributed by atoms with Crippen molar-refractivity contribution in [2.24, 2.45) is 0 Å². The Balaban J connectivity index is 1.67. The Kier molecular flexibility index (Phi) is 3.83. The highest BCUT2D eigenvalue weighted by Crippen LogP contribution is 2.32. The van der Waals surface area contributed by atoms with Crippen LogP contribution in [0.3, 0.4) is 0 Å². The SMILES string of the molecule is Cc1cn(-c2cc(O)c(-c3ccc(N4CCCC4)nn3)cc2F)cn1. The van der Waals surface area contributed by atoms with E-state index < -0.39 is 5.82 Å². The molecule has 3 heterocycles. The van der Waals surface area contributed by atoms with E-state index in [1.165, 1.54) is 23.0 Å². The van der Waals surface area contributed by atoms with Crippen molar-refractivity contribution < 1.29 is 9.50 Å². The van der Waals surface area contributed by atoms with Gasteiger partial charge in [-0.15, -0.1) is 10.2 Å². The number of halogens is 1. The molecular formula is C18H18FN5O. The number of rotatable bonds is 3. The van der Waals surface area contributed by atoms with Gasteiger partial charge in [0.1, 0.15) is 11.6 Å². The molecule has 1 fully saturated rings. The molecule has 7 heteroatoms. The summed E-state index contributed by atoms with van der Waals surface area (Å²) in [6.45, 7) is 3.78. The zero-order valence-corrected chi connectivity index (χ0v) is 13.9. The molecule has 25 heavy (non-hydrogen) atoms. The molecule has 1 aromatic carbocycles. The Morgan fingerprint density at radius 3 is 2.56 bits per heavy atom. The van der Waals surface area contributed by atoms with Crippen molar-refractivity contribution in [3.63, 3.8) is 0 Å². The first-order valence-electron chi connectivity index (χ1n) is 8.24. The molecule has 3 aromatic rings. The van der Waals surface area contributed by atoms with Crippen molar-refractivity contribution in [1.29, 1.82) is 0 Å². The zero-order chi connectivity index (χ0) is 17.4. The van der Waals surface area contributed by atoms with Crippen LogP contribution < -0.4 is 4.90 Å². The van der Waals surface area contributed by atoms with E-state index >= 15 is 0 Å². The van der Waals surface area contributed by atoms with Crippen LogP contribution in [0.5, 0.6) is 5.75 Å². The third kappa shape index (κ3) is 2.93. The molecule has 0 radical (unpaired) electrons. The Bertz CT molecular complexity index is 900. The molecule has 0 bridgehead atoms. The fourth-order valence-corrected chi connectivity index (χ4v) is 3.09. The van der Waals surface area contributed by atoms with Gasteiger partial charge in [0.15, 0.2) is 5.82 Å². The summed E-state index contributed by atoms with van der Waals surface area (Å²) in [5.41, 5.74) is 1.76. The number of anilines is 1. The number of aryl methyl sites for hydroxylation is 1. The predicted octanol–water partition coefficient (Wildman–Crippen LogP) is 3.08. The minimum Gasteiger partial charge on any atom is -0.507 e. The first-order chi connectivity index (χ1) is 12.1. The van der Waals surface area contributed by atoms with Crippen LogP contribution in [-0.4, -0.2) is 37.9 Å². The molecule has 1 aliphatic heterocycles. The van der Waals surface area contributed by atoms with Gasteiger partial charge in [-0.2, -0.15) is 0 Å². The minimum atomic E-state index is -0.462. The number of nitrogens with zero attached hydrogens (tertiary/aromatic N) is 5. The monoisotopic (exact) mass is 339 g/mol. The van der Waals surface area contributed by atoms with Crippen LogP contribution in [0.25, 0.3) is 16.9 Å². The standard InChI is InChI=1S/C18H18FN5O/c1-12-10-24(11-20-12)16-9-17(25)13(8-14(16)19)15-4-5-18(22-21-15)23-6-2-3-7-23/h4-5,8-11,25H,2-3,6-7H2,1H3. The molecular weight excluding hydrogens is 321 g/mol. The fourth-order valence-electron chi connectivity index (χ4n) is 3.09. The number of aromatic nitrogens is 4. The number of hydrogen-bond donors (Lipinski definition) is 1. The van der Waals surface area contributed by atoms with Gasteiger partial charge in [0, 0.05) is 30.9 Å². The van der Waals surface area contributed by atoms with Gasteiger partial charge >= 0.3 is 0 Å². The Morgan fingerprint density at radius 2 is 1.92 bits per heavy atom. The van der Waals surface area contributed by atoms with Crippen molar-refractivity contribution in [1.82, 2.24) is 19.7 Å². The molecule has 128 valence electrons. The molecule has 1 N–H and O–H groups in total. The largest absolute Gasteiger partial charge is 0.507 e. The highest BCUT2D eigenvalue weighted by Gasteiger charge is 2.16. The Labute approximate surface area is 144 Å². The van der Waals surface area contributed by atoms with E-state index in [1.54, 1.807) is 12.3 Å². The number of aromatic hydroxyl groups is 1. The van der Waals surface area contributed by atoms with E-state index in [9.17, 15) is 9.50 Å². The number of imidazole rings is 1. The summed E-state index contributed by atoms with van der Waals surface area (Å²) >= 11 is 0. The Morgan fingerprint density at radius 1 is 1.12 bits per heavy atom. The van der Waals surface area contributed by atoms with E-state index in [2.05, 4.69) is 20.1 Å². The lowest BCUT2D eigenvalue weighted by Gasteiger charge is -2.15. The van der Waals surface area contributed by atoms with Crippen molar-refractivity contribution in [2.45, 2.75) is 19.8 Å². The molecule has 0 aliphatic carbocycles. The summed E-state index contributed by atoms with van der Waals surface area (Å²) in [7, 11) is 0. The zero-order valence-electron chi connectivity index (χ0n) is 13.9. The van der Waals surface area contributed by atoms with E-state index in [1.807, 2.05) is 13.0 Å². The van der Waals surface area contributed by atoms with Crippen LogP contribution >= 0.6 is 0 Å². The third-order valence-corrected chi connectivity index (χ3v) is 4.41. The normalized spacial score (nSPS) is 14.2. The predicted molar refractivity (Wildman–Crippen MR) is 92.4 cm³/mol. The van der Waals surface area contributed by atoms with Gasteiger partial charge in [-0.05, 0) is 38.0 Å². The molecule has 0 spiro atoms. The molecule has 1 aliphatic rings. The molecule has 2 aromatic heterocycles. The van der Waals surface area contributed by atoms with Gasteiger partial charge in [-0.25, -0.2) is 9.37 Å². The fraction of sp³-hybridized carbons (Fsp3) is 0.278. The number of phenolic OH excluding ortho intramolecular Hbond substituents is 1. The first-order valence-corrected chi connectivity index (χ1v) is 8.24.